The van der Waals surface area contributed by atoms with Crippen molar-refractivity contribution < 1.29 is 27.4 Å². The number of aromatic carboxylic acids is 1. The number of hydrogen-bond donors (Lipinski definition) is 1. The highest BCUT2D eigenvalue weighted by molar-refractivity contribution is 7.89. The molecule has 0 radical (unpaired) electrons. The van der Waals surface area contributed by atoms with Crippen molar-refractivity contribution in [2.75, 3.05) is 20.2 Å². The summed E-state index contributed by atoms with van der Waals surface area (Å²) in [4.78, 5) is 11.0. The van der Waals surface area contributed by atoms with Gasteiger partial charge >= 0.3 is 5.97 Å². The Bertz CT molecular complexity index is 959. The third-order valence-electron chi connectivity index (χ3n) is 5.03. The van der Waals surface area contributed by atoms with Crippen LogP contribution in [0.25, 0.3) is 0 Å². The molecule has 1 unspecified atom stereocenters. The van der Waals surface area contributed by atoms with E-state index in [1.165, 1.54) is 4.31 Å². The lowest BCUT2D eigenvalue weighted by molar-refractivity contribution is 0.0691. The van der Waals surface area contributed by atoms with Gasteiger partial charge in [-0.25, -0.2) is 17.6 Å². The third-order valence-corrected chi connectivity index (χ3v) is 6.89. The number of carboxylic acids is 1. The predicted molar refractivity (Wildman–Crippen MR) is 102 cm³/mol. The number of hydrogen-bond acceptors (Lipinski definition) is 4. The van der Waals surface area contributed by atoms with Gasteiger partial charge in [0.25, 0.3) is 0 Å². The highest BCUT2D eigenvalue weighted by Gasteiger charge is 2.30. The fraction of sp³-hybridized carbons (Fsp3) is 0.350. The van der Waals surface area contributed by atoms with Crippen LogP contribution in [0.3, 0.4) is 0 Å². The van der Waals surface area contributed by atoms with Gasteiger partial charge < -0.3 is 9.84 Å². The number of halogens is 1. The highest BCUT2D eigenvalue weighted by Crippen LogP contribution is 2.31. The minimum absolute atomic E-state index is 0.0163. The first-order valence-electron chi connectivity index (χ1n) is 9.00. The number of nitrogens with zero attached hydrogens (tertiary/aromatic N) is 1. The van der Waals surface area contributed by atoms with Gasteiger partial charge in [0.2, 0.25) is 10.0 Å². The number of carbonyl (C=O) groups is 1. The van der Waals surface area contributed by atoms with E-state index in [-0.39, 0.29) is 17.4 Å². The SMILES string of the molecule is COc1ccc(C2CCCCN(S(=O)(=O)c3ccc(F)c(C(=O)O)c3)C2)cc1. The van der Waals surface area contributed by atoms with E-state index in [9.17, 15) is 17.6 Å². The standard InChI is InChI=1S/C20H22FNO5S/c1-27-16-7-5-14(6-8-16)15-4-2-3-11-22(13-15)28(25,26)17-9-10-19(21)18(12-17)20(23)24/h5-10,12,15H,2-4,11,13H2,1H3,(H,23,24). The molecule has 1 saturated heterocycles. The van der Waals surface area contributed by atoms with Gasteiger partial charge in [-0.05, 0) is 54.7 Å². The second-order valence-electron chi connectivity index (χ2n) is 6.78. The quantitative estimate of drug-likeness (QED) is 0.820. The summed E-state index contributed by atoms with van der Waals surface area (Å²) in [6, 6.07) is 10.4. The van der Waals surface area contributed by atoms with Gasteiger partial charge in [0.05, 0.1) is 17.6 Å². The second kappa shape index (κ2) is 8.28. The van der Waals surface area contributed by atoms with E-state index in [1.807, 2.05) is 24.3 Å². The number of ether oxygens (including phenoxy) is 1. The van der Waals surface area contributed by atoms with Crippen molar-refractivity contribution in [1.29, 1.82) is 0 Å². The summed E-state index contributed by atoms with van der Waals surface area (Å²) in [6.45, 7) is 0.628. The van der Waals surface area contributed by atoms with Crippen LogP contribution in [-0.4, -0.2) is 44.0 Å². The molecular weight excluding hydrogens is 385 g/mol. The molecule has 0 bridgehead atoms. The lowest BCUT2D eigenvalue weighted by atomic mass is 9.94. The summed E-state index contributed by atoms with van der Waals surface area (Å²) in [7, 11) is -2.35. The fourth-order valence-corrected chi connectivity index (χ4v) is 5.00. The van der Waals surface area contributed by atoms with Crippen molar-refractivity contribution in [3.8, 4) is 5.75 Å². The van der Waals surface area contributed by atoms with Crippen molar-refractivity contribution in [2.24, 2.45) is 0 Å². The van der Waals surface area contributed by atoms with E-state index in [1.54, 1.807) is 7.11 Å². The van der Waals surface area contributed by atoms with E-state index in [4.69, 9.17) is 9.84 Å². The molecule has 0 aromatic heterocycles. The van der Waals surface area contributed by atoms with E-state index >= 15 is 0 Å². The molecule has 0 spiro atoms. The molecule has 150 valence electrons. The zero-order valence-electron chi connectivity index (χ0n) is 15.5. The first-order chi connectivity index (χ1) is 13.3. The summed E-state index contributed by atoms with van der Waals surface area (Å²) in [5, 5.41) is 9.09. The van der Waals surface area contributed by atoms with Crippen LogP contribution in [0, 0.1) is 5.82 Å². The first kappa shape index (κ1) is 20.3. The maximum Gasteiger partial charge on any atom is 0.338 e. The van der Waals surface area contributed by atoms with Crippen LogP contribution in [0.15, 0.2) is 47.4 Å². The smallest absolute Gasteiger partial charge is 0.338 e. The van der Waals surface area contributed by atoms with Crippen molar-refractivity contribution in [3.63, 3.8) is 0 Å². The van der Waals surface area contributed by atoms with Gasteiger partial charge in [-0.2, -0.15) is 4.31 Å². The van der Waals surface area contributed by atoms with Crippen molar-refractivity contribution in [1.82, 2.24) is 4.31 Å². The van der Waals surface area contributed by atoms with E-state index < -0.39 is 27.4 Å². The van der Waals surface area contributed by atoms with Gasteiger partial charge in [-0.1, -0.05) is 18.6 Å². The Morgan fingerprint density at radius 3 is 2.54 bits per heavy atom. The van der Waals surface area contributed by atoms with Crippen molar-refractivity contribution in [3.05, 3.63) is 59.4 Å². The Morgan fingerprint density at radius 2 is 1.89 bits per heavy atom. The Labute approximate surface area is 163 Å². The zero-order valence-corrected chi connectivity index (χ0v) is 16.3. The molecule has 0 amide bonds. The normalized spacial score (nSPS) is 18.4. The lowest BCUT2D eigenvalue weighted by Crippen LogP contribution is -2.34. The molecule has 1 fully saturated rings. The molecule has 3 rings (SSSR count). The highest BCUT2D eigenvalue weighted by atomic mass is 32.2. The molecule has 0 saturated carbocycles. The van der Waals surface area contributed by atoms with Gasteiger partial charge in [-0.15, -0.1) is 0 Å². The number of benzene rings is 2. The van der Waals surface area contributed by atoms with Crippen LogP contribution >= 0.6 is 0 Å². The summed E-state index contributed by atoms with van der Waals surface area (Å²) >= 11 is 0. The van der Waals surface area contributed by atoms with Crippen LogP contribution in [0.1, 0.15) is 41.1 Å². The largest absolute Gasteiger partial charge is 0.497 e. The average molecular weight is 407 g/mol. The molecule has 28 heavy (non-hydrogen) atoms. The first-order valence-corrected chi connectivity index (χ1v) is 10.4. The maximum absolute atomic E-state index is 13.7. The molecule has 2 aromatic rings. The Balaban J connectivity index is 1.90. The van der Waals surface area contributed by atoms with Gasteiger partial charge in [0.15, 0.2) is 0 Å². The summed E-state index contributed by atoms with van der Waals surface area (Å²) in [5.41, 5.74) is 0.371. The summed E-state index contributed by atoms with van der Waals surface area (Å²) < 4.78 is 46.4. The molecule has 1 atom stereocenters. The van der Waals surface area contributed by atoms with Gasteiger partial charge in [0, 0.05) is 13.1 Å². The minimum atomic E-state index is -3.93. The average Bonchev–Trinajstić information content (AvgIpc) is 2.95. The molecule has 1 heterocycles. The molecule has 8 heteroatoms. The van der Waals surface area contributed by atoms with Crippen LogP contribution in [-0.2, 0) is 10.0 Å². The molecule has 6 nitrogen and oxygen atoms in total. The third kappa shape index (κ3) is 4.18. The molecule has 0 aliphatic carbocycles. The number of rotatable bonds is 5. The fourth-order valence-electron chi connectivity index (χ4n) is 3.45. The summed E-state index contributed by atoms with van der Waals surface area (Å²) in [5.74, 6) is -1.71. The number of sulfonamides is 1. The molecule has 1 aliphatic heterocycles. The van der Waals surface area contributed by atoms with E-state index in [2.05, 4.69) is 0 Å². The number of carboxylic acid groups (broad SMARTS) is 1. The molecule has 1 aliphatic rings. The Kier molecular flexibility index (Phi) is 6.00. The van der Waals surface area contributed by atoms with Crippen molar-refractivity contribution >= 4 is 16.0 Å². The molecule has 1 N–H and O–H groups in total. The summed E-state index contributed by atoms with van der Waals surface area (Å²) in [6.07, 6.45) is 2.44. The van der Waals surface area contributed by atoms with Crippen molar-refractivity contribution in [2.45, 2.75) is 30.1 Å². The minimum Gasteiger partial charge on any atom is -0.497 e. The van der Waals surface area contributed by atoms with Crippen LogP contribution < -0.4 is 4.74 Å². The van der Waals surface area contributed by atoms with E-state index in [0.717, 1.165) is 42.4 Å². The van der Waals surface area contributed by atoms with Crippen LogP contribution in [0.5, 0.6) is 5.75 Å². The monoisotopic (exact) mass is 407 g/mol. The van der Waals surface area contributed by atoms with Crippen LogP contribution in [0.2, 0.25) is 0 Å². The van der Waals surface area contributed by atoms with E-state index in [0.29, 0.717) is 13.0 Å². The van der Waals surface area contributed by atoms with Crippen LogP contribution in [0.4, 0.5) is 4.39 Å². The van der Waals surface area contributed by atoms with Gasteiger partial charge in [0.1, 0.15) is 11.6 Å². The predicted octanol–water partition coefficient (Wildman–Crippen LogP) is 3.49. The Morgan fingerprint density at radius 1 is 1.18 bits per heavy atom. The Hall–Kier alpha value is -2.45. The molecule has 2 aromatic carbocycles. The second-order valence-corrected chi connectivity index (χ2v) is 8.71. The number of methoxy groups -OCH3 is 1. The lowest BCUT2D eigenvalue weighted by Gasteiger charge is -2.24. The van der Waals surface area contributed by atoms with Gasteiger partial charge in [-0.3, -0.25) is 0 Å². The molecular formula is C20H22FNO5S. The zero-order chi connectivity index (χ0) is 20.3. The maximum atomic E-state index is 13.7. The topological polar surface area (TPSA) is 83.9 Å².